The Morgan fingerprint density at radius 1 is 1.37 bits per heavy atom. The topological polar surface area (TPSA) is 74.7 Å². The molecule has 1 aromatic rings. The molecule has 1 unspecified atom stereocenters. The third kappa shape index (κ3) is 2.85. The summed E-state index contributed by atoms with van der Waals surface area (Å²) in [4.78, 5) is 11.0. The molecule has 0 aromatic heterocycles. The predicted octanol–water partition coefficient (Wildman–Crippen LogP) is 2.14. The summed E-state index contributed by atoms with van der Waals surface area (Å²) >= 11 is 12.8. The molecule has 19 heavy (non-hydrogen) atoms. The highest BCUT2D eigenvalue weighted by Gasteiger charge is 2.40. The fourth-order valence-electron chi connectivity index (χ4n) is 1.63. The molecule has 0 bridgehead atoms. The maximum absolute atomic E-state index is 12.4. The van der Waals surface area contributed by atoms with Gasteiger partial charge in [-0.25, -0.2) is 8.42 Å². The highest BCUT2D eigenvalue weighted by molar-refractivity contribution is 8.00. The molecule has 0 saturated carbocycles. The Hall–Kier alpha value is -0.470. The number of aliphatic carboxylic acids is 1. The van der Waals surface area contributed by atoms with E-state index in [0.29, 0.717) is 0 Å². The highest BCUT2D eigenvalue weighted by Crippen LogP contribution is 2.31. The number of sulfonamides is 1. The molecular formula is C10H9Cl2NO4S2. The summed E-state index contributed by atoms with van der Waals surface area (Å²) in [6.45, 7) is 0. The highest BCUT2D eigenvalue weighted by atomic mass is 35.5. The van der Waals surface area contributed by atoms with Crippen LogP contribution in [0.1, 0.15) is 0 Å². The van der Waals surface area contributed by atoms with E-state index < -0.39 is 22.0 Å². The van der Waals surface area contributed by atoms with Crippen molar-refractivity contribution in [1.82, 2.24) is 4.31 Å². The zero-order valence-electron chi connectivity index (χ0n) is 9.42. The molecule has 0 amide bonds. The van der Waals surface area contributed by atoms with Crippen LogP contribution >= 0.6 is 35.0 Å². The molecule has 1 fully saturated rings. The number of carboxylic acids is 1. The summed E-state index contributed by atoms with van der Waals surface area (Å²) in [6.07, 6.45) is 0. The van der Waals surface area contributed by atoms with Crippen LogP contribution in [-0.4, -0.2) is 41.5 Å². The van der Waals surface area contributed by atoms with Crippen molar-refractivity contribution < 1.29 is 18.3 Å². The van der Waals surface area contributed by atoms with E-state index in [-0.39, 0.29) is 26.6 Å². The summed E-state index contributed by atoms with van der Waals surface area (Å²) in [7, 11) is -3.88. The van der Waals surface area contributed by atoms with Gasteiger partial charge in [0.15, 0.2) is 0 Å². The van der Waals surface area contributed by atoms with Gasteiger partial charge in [0.1, 0.15) is 6.04 Å². The Morgan fingerprint density at radius 3 is 2.63 bits per heavy atom. The van der Waals surface area contributed by atoms with E-state index in [9.17, 15) is 13.2 Å². The van der Waals surface area contributed by atoms with Crippen LogP contribution in [0, 0.1) is 0 Å². The minimum absolute atomic E-state index is 0.0596. The first-order valence-electron chi connectivity index (χ1n) is 5.11. The fourth-order valence-corrected chi connectivity index (χ4v) is 5.16. The fraction of sp³-hybridized carbons (Fsp3) is 0.300. The molecule has 0 spiro atoms. The molecule has 0 radical (unpaired) electrons. The van der Waals surface area contributed by atoms with Gasteiger partial charge < -0.3 is 5.11 Å². The van der Waals surface area contributed by atoms with Crippen molar-refractivity contribution in [2.75, 3.05) is 11.6 Å². The Kier molecular flexibility index (Phi) is 4.32. The average Bonchev–Trinajstić information content (AvgIpc) is 2.82. The van der Waals surface area contributed by atoms with Crippen molar-refractivity contribution in [2.24, 2.45) is 0 Å². The number of carbonyl (C=O) groups is 1. The molecule has 2 rings (SSSR count). The second-order valence-electron chi connectivity index (χ2n) is 3.82. The van der Waals surface area contributed by atoms with Gasteiger partial charge >= 0.3 is 5.97 Å². The molecule has 1 saturated heterocycles. The SMILES string of the molecule is O=C(O)C1CSCN1S(=O)(=O)c1ccc(Cl)c(Cl)c1. The molecule has 104 valence electrons. The Morgan fingerprint density at radius 2 is 2.05 bits per heavy atom. The standard InChI is InChI=1S/C10H9Cl2NO4S2/c11-7-2-1-6(3-8(7)12)19(16,17)13-5-18-4-9(13)10(14)15/h1-3,9H,4-5H2,(H,14,15). The Balaban J connectivity index is 2.42. The number of halogens is 2. The van der Waals surface area contributed by atoms with Gasteiger partial charge in [0.25, 0.3) is 0 Å². The van der Waals surface area contributed by atoms with Crippen molar-refractivity contribution in [3.8, 4) is 0 Å². The third-order valence-corrected chi connectivity index (χ3v) is 6.39. The van der Waals surface area contributed by atoms with E-state index in [1.54, 1.807) is 0 Å². The number of hydrogen-bond donors (Lipinski definition) is 1. The molecule has 5 nitrogen and oxygen atoms in total. The number of benzene rings is 1. The number of rotatable bonds is 3. The van der Waals surface area contributed by atoms with E-state index in [1.807, 2.05) is 0 Å². The minimum atomic E-state index is -3.88. The van der Waals surface area contributed by atoms with Crippen molar-refractivity contribution in [1.29, 1.82) is 0 Å². The first-order chi connectivity index (χ1) is 8.84. The molecule has 1 atom stereocenters. The minimum Gasteiger partial charge on any atom is -0.480 e. The Bertz CT molecular complexity index is 620. The summed E-state index contributed by atoms with van der Waals surface area (Å²) in [5, 5.41) is 9.38. The van der Waals surface area contributed by atoms with Crippen LogP contribution in [-0.2, 0) is 14.8 Å². The first-order valence-corrected chi connectivity index (χ1v) is 8.46. The van der Waals surface area contributed by atoms with Gasteiger partial charge in [-0.15, -0.1) is 11.8 Å². The zero-order chi connectivity index (χ0) is 14.2. The maximum Gasteiger partial charge on any atom is 0.322 e. The van der Waals surface area contributed by atoms with Gasteiger partial charge in [0.05, 0.1) is 20.8 Å². The molecule has 1 aliphatic rings. The summed E-state index contributed by atoms with van der Waals surface area (Å²) in [6, 6.07) is 2.85. The van der Waals surface area contributed by atoms with Gasteiger partial charge in [-0.2, -0.15) is 4.31 Å². The molecular weight excluding hydrogens is 333 g/mol. The second-order valence-corrected chi connectivity index (χ2v) is 7.53. The number of nitrogens with zero attached hydrogens (tertiary/aromatic N) is 1. The van der Waals surface area contributed by atoms with Crippen LogP contribution in [0.15, 0.2) is 23.1 Å². The van der Waals surface area contributed by atoms with Crippen molar-refractivity contribution in [3.63, 3.8) is 0 Å². The number of carboxylic acid groups (broad SMARTS) is 1. The summed E-state index contributed by atoms with van der Waals surface area (Å²) in [5.41, 5.74) is 0. The van der Waals surface area contributed by atoms with Crippen LogP contribution < -0.4 is 0 Å². The van der Waals surface area contributed by atoms with Crippen LogP contribution in [0.3, 0.4) is 0 Å². The van der Waals surface area contributed by atoms with E-state index in [4.69, 9.17) is 28.3 Å². The predicted molar refractivity (Wildman–Crippen MR) is 74.2 cm³/mol. The molecule has 9 heteroatoms. The third-order valence-electron chi connectivity index (χ3n) is 2.62. The first kappa shape index (κ1) is 14.9. The Labute approximate surface area is 124 Å². The smallest absolute Gasteiger partial charge is 0.322 e. The van der Waals surface area contributed by atoms with Crippen LogP contribution in [0.4, 0.5) is 0 Å². The second kappa shape index (κ2) is 5.49. The monoisotopic (exact) mass is 341 g/mol. The molecule has 1 heterocycles. The lowest BCUT2D eigenvalue weighted by atomic mass is 10.3. The molecule has 1 N–H and O–H groups in total. The largest absolute Gasteiger partial charge is 0.480 e. The molecule has 0 aliphatic carbocycles. The average molecular weight is 342 g/mol. The van der Waals surface area contributed by atoms with E-state index in [0.717, 1.165) is 4.31 Å². The number of thioether (sulfide) groups is 1. The molecule has 1 aliphatic heterocycles. The van der Waals surface area contributed by atoms with Gasteiger partial charge in [-0.05, 0) is 18.2 Å². The van der Waals surface area contributed by atoms with E-state index >= 15 is 0 Å². The van der Waals surface area contributed by atoms with Gasteiger partial charge in [0, 0.05) is 5.75 Å². The van der Waals surface area contributed by atoms with Crippen molar-refractivity contribution >= 4 is 51.0 Å². The van der Waals surface area contributed by atoms with Crippen LogP contribution in [0.25, 0.3) is 0 Å². The molecule has 1 aromatic carbocycles. The lowest BCUT2D eigenvalue weighted by Crippen LogP contribution is -2.41. The zero-order valence-corrected chi connectivity index (χ0v) is 12.6. The quantitative estimate of drug-likeness (QED) is 0.911. The van der Waals surface area contributed by atoms with Gasteiger partial charge in [-0.1, -0.05) is 23.2 Å². The van der Waals surface area contributed by atoms with Crippen molar-refractivity contribution in [2.45, 2.75) is 10.9 Å². The normalized spacial score (nSPS) is 20.6. The summed E-state index contributed by atoms with van der Waals surface area (Å²) < 4.78 is 25.7. The van der Waals surface area contributed by atoms with E-state index in [1.165, 1.54) is 30.0 Å². The van der Waals surface area contributed by atoms with E-state index in [2.05, 4.69) is 0 Å². The maximum atomic E-state index is 12.4. The summed E-state index contributed by atoms with van der Waals surface area (Å²) in [5.74, 6) is -0.816. The van der Waals surface area contributed by atoms with Gasteiger partial charge in [0.2, 0.25) is 10.0 Å². The lowest BCUT2D eigenvalue weighted by molar-refractivity contribution is -0.140. The van der Waals surface area contributed by atoms with Gasteiger partial charge in [-0.3, -0.25) is 4.79 Å². The van der Waals surface area contributed by atoms with Crippen LogP contribution in [0.5, 0.6) is 0 Å². The number of hydrogen-bond acceptors (Lipinski definition) is 4. The van der Waals surface area contributed by atoms with Crippen LogP contribution in [0.2, 0.25) is 10.0 Å². The lowest BCUT2D eigenvalue weighted by Gasteiger charge is -2.20. The van der Waals surface area contributed by atoms with Crippen molar-refractivity contribution in [3.05, 3.63) is 28.2 Å².